The molecule has 1 aromatic carbocycles. The fraction of sp³-hybridized carbons (Fsp3) is 0.455. The van der Waals surface area contributed by atoms with Crippen LogP contribution in [0.25, 0.3) is 0 Å². The van der Waals surface area contributed by atoms with Gasteiger partial charge in [-0.2, -0.15) is 0 Å². The highest BCUT2D eigenvalue weighted by atomic mass is 32.2. The first-order valence-electron chi connectivity index (χ1n) is 5.28. The van der Waals surface area contributed by atoms with Crippen molar-refractivity contribution in [1.82, 2.24) is 10.0 Å². The molecule has 0 radical (unpaired) electrons. The van der Waals surface area contributed by atoms with Crippen LogP contribution in [0.3, 0.4) is 0 Å². The zero-order chi connectivity index (χ0) is 12.2. The van der Waals surface area contributed by atoms with Gasteiger partial charge < -0.3 is 5.32 Å². The first-order chi connectivity index (χ1) is 7.51. The molecule has 2 N–H and O–H groups in total. The maximum absolute atomic E-state index is 11.7. The quantitative estimate of drug-likeness (QED) is 0.817. The molecular formula is C11H18N2O2S. The highest BCUT2D eigenvalue weighted by molar-refractivity contribution is 7.89. The van der Waals surface area contributed by atoms with Gasteiger partial charge in [0.1, 0.15) is 0 Å². The van der Waals surface area contributed by atoms with Crippen molar-refractivity contribution >= 4 is 10.0 Å². The molecule has 1 atom stereocenters. The first-order valence-corrected chi connectivity index (χ1v) is 6.76. The molecule has 5 heteroatoms. The summed E-state index contributed by atoms with van der Waals surface area (Å²) in [6.45, 7) is 4.18. The van der Waals surface area contributed by atoms with Gasteiger partial charge in [-0.3, -0.25) is 0 Å². The van der Waals surface area contributed by atoms with Gasteiger partial charge in [-0.15, -0.1) is 0 Å². The van der Waals surface area contributed by atoms with E-state index in [4.69, 9.17) is 0 Å². The maximum atomic E-state index is 11.7. The van der Waals surface area contributed by atoms with Gasteiger partial charge in [0.2, 0.25) is 10.0 Å². The lowest BCUT2D eigenvalue weighted by Gasteiger charge is -2.11. The van der Waals surface area contributed by atoms with E-state index in [1.807, 2.05) is 26.1 Å². The van der Waals surface area contributed by atoms with Crippen molar-refractivity contribution in [2.75, 3.05) is 13.6 Å². The number of sulfonamides is 1. The standard InChI is InChI=1S/C11H18N2O2S/c1-4-13-16(14,15)11-7-5-10(6-8-11)9(2)12-3/h5-9,12-13H,4H2,1-3H3. The molecule has 0 aromatic heterocycles. The van der Waals surface area contributed by atoms with Crippen LogP contribution in [0.4, 0.5) is 0 Å². The maximum Gasteiger partial charge on any atom is 0.240 e. The second-order valence-corrected chi connectivity index (χ2v) is 5.35. The van der Waals surface area contributed by atoms with E-state index in [1.165, 1.54) is 0 Å². The highest BCUT2D eigenvalue weighted by Gasteiger charge is 2.12. The second-order valence-electron chi connectivity index (χ2n) is 3.58. The van der Waals surface area contributed by atoms with Crippen molar-refractivity contribution in [3.8, 4) is 0 Å². The van der Waals surface area contributed by atoms with E-state index in [1.54, 1.807) is 19.1 Å². The summed E-state index contributed by atoms with van der Waals surface area (Å²) in [6, 6.07) is 7.12. The van der Waals surface area contributed by atoms with E-state index in [0.717, 1.165) is 5.56 Å². The molecule has 0 heterocycles. The summed E-state index contributed by atoms with van der Waals surface area (Å²) in [6.07, 6.45) is 0. The fourth-order valence-corrected chi connectivity index (χ4v) is 2.42. The van der Waals surface area contributed by atoms with E-state index < -0.39 is 10.0 Å². The molecule has 0 aliphatic carbocycles. The summed E-state index contributed by atoms with van der Waals surface area (Å²) in [7, 11) is -1.46. The summed E-state index contributed by atoms with van der Waals surface area (Å²) < 4.78 is 25.8. The van der Waals surface area contributed by atoms with Gasteiger partial charge >= 0.3 is 0 Å². The summed E-state index contributed by atoms with van der Waals surface area (Å²) in [5.41, 5.74) is 1.07. The Morgan fingerprint density at radius 3 is 2.25 bits per heavy atom. The van der Waals surface area contributed by atoms with Gasteiger partial charge in [0.25, 0.3) is 0 Å². The van der Waals surface area contributed by atoms with Crippen molar-refractivity contribution in [3.05, 3.63) is 29.8 Å². The minimum Gasteiger partial charge on any atom is -0.313 e. The normalized spacial score (nSPS) is 13.7. The van der Waals surface area contributed by atoms with Crippen LogP contribution in [0.5, 0.6) is 0 Å². The Morgan fingerprint density at radius 1 is 1.25 bits per heavy atom. The Kier molecular flexibility index (Phi) is 4.46. The van der Waals surface area contributed by atoms with Crippen LogP contribution < -0.4 is 10.0 Å². The van der Waals surface area contributed by atoms with Crippen molar-refractivity contribution in [1.29, 1.82) is 0 Å². The molecule has 0 bridgehead atoms. The highest BCUT2D eigenvalue weighted by Crippen LogP contribution is 2.15. The van der Waals surface area contributed by atoms with Crippen molar-refractivity contribution < 1.29 is 8.42 Å². The molecule has 4 nitrogen and oxygen atoms in total. The lowest BCUT2D eigenvalue weighted by atomic mass is 10.1. The van der Waals surface area contributed by atoms with E-state index in [2.05, 4.69) is 10.0 Å². The molecule has 1 aromatic rings. The summed E-state index contributed by atoms with van der Waals surface area (Å²) in [4.78, 5) is 0.307. The van der Waals surface area contributed by atoms with Crippen LogP contribution >= 0.6 is 0 Å². The van der Waals surface area contributed by atoms with Gasteiger partial charge in [0, 0.05) is 12.6 Å². The largest absolute Gasteiger partial charge is 0.313 e. The van der Waals surface area contributed by atoms with Crippen molar-refractivity contribution in [2.45, 2.75) is 24.8 Å². The Morgan fingerprint density at radius 2 is 1.81 bits per heavy atom. The molecule has 0 saturated heterocycles. The zero-order valence-electron chi connectivity index (χ0n) is 9.82. The van der Waals surface area contributed by atoms with Crippen LogP contribution in [0.15, 0.2) is 29.2 Å². The summed E-state index contributed by atoms with van der Waals surface area (Å²) in [5, 5.41) is 3.10. The molecule has 16 heavy (non-hydrogen) atoms. The van der Waals surface area contributed by atoms with Crippen molar-refractivity contribution in [2.24, 2.45) is 0 Å². The van der Waals surface area contributed by atoms with E-state index in [9.17, 15) is 8.42 Å². The lowest BCUT2D eigenvalue weighted by molar-refractivity contribution is 0.583. The Bertz CT molecular complexity index is 426. The smallest absolute Gasteiger partial charge is 0.240 e. The number of hydrogen-bond donors (Lipinski definition) is 2. The molecule has 0 spiro atoms. The summed E-state index contributed by atoms with van der Waals surface area (Å²) >= 11 is 0. The lowest BCUT2D eigenvalue weighted by Crippen LogP contribution is -2.23. The second kappa shape index (κ2) is 5.43. The van der Waals surface area contributed by atoms with Crippen molar-refractivity contribution in [3.63, 3.8) is 0 Å². The van der Waals surface area contributed by atoms with Crippen LogP contribution in [-0.4, -0.2) is 22.0 Å². The molecular weight excluding hydrogens is 224 g/mol. The number of benzene rings is 1. The molecule has 0 saturated carbocycles. The molecule has 0 aliphatic heterocycles. The molecule has 0 amide bonds. The monoisotopic (exact) mass is 242 g/mol. The fourth-order valence-electron chi connectivity index (χ4n) is 1.38. The third-order valence-electron chi connectivity index (χ3n) is 2.46. The third-order valence-corrected chi connectivity index (χ3v) is 4.02. The van der Waals surface area contributed by atoms with E-state index in [0.29, 0.717) is 11.4 Å². The van der Waals surface area contributed by atoms with Crippen LogP contribution in [0, 0.1) is 0 Å². The Hall–Kier alpha value is -0.910. The van der Waals surface area contributed by atoms with Crippen LogP contribution in [0.2, 0.25) is 0 Å². The average Bonchev–Trinajstić information content (AvgIpc) is 2.28. The topological polar surface area (TPSA) is 58.2 Å². The minimum atomic E-state index is -3.33. The SMILES string of the molecule is CCNS(=O)(=O)c1ccc(C(C)NC)cc1. The number of hydrogen-bond acceptors (Lipinski definition) is 3. The molecule has 90 valence electrons. The van der Waals surface area contributed by atoms with Crippen LogP contribution in [0.1, 0.15) is 25.5 Å². The Balaban J connectivity index is 2.95. The predicted molar refractivity (Wildman–Crippen MR) is 64.8 cm³/mol. The van der Waals surface area contributed by atoms with Gasteiger partial charge in [-0.05, 0) is 31.7 Å². The molecule has 0 fully saturated rings. The van der Waals surface area contributed by atoms with Gasteiger partial charge in [0.15, 0.2) is 0 Å². The number of nitrogens with one attached hydrogen (secondary N) is 2. The Labute approximate surface area is 97.1 Å². The van der Waals surface area contributed by atoms with Crippen LogP contribution in [-0.2, 0) is 10.0 Å². The predicted octanol–water partition coefficient (Wildman–Crippen LogP) is 1.27. The molecule has 0 aliphatic rings. The molecule has 1 rings (SSSR count). The van der Waals surface area contributed by atoms with E-state index in [-0.39, 0.29) is 6.04 Å². The molecule has 1 unspecified atom stereocenters. The number of rotatable bonds is 5. The van der Waals surface area contributed by atoms with Gasteiger partial charge in [0.05, 0.1) is 4.90 Å². The third kappa shape index (κ3) is 3.04. The first kappa shape index (κ1) is 13.2. The summed E-state index contributed by atoms with van der Waals surface area (Å²) in [5.74, 6) is 0. The van der Waals surface area contributed by atoms with Gasteiger partial charge in [-0.25, -0.2) is 13.1 Å². The minimum absolute atomic E-state index is 0.218. The zero-order valence-corrected chi connectivity index (χ0v) is 10.6. The average molecular weight is 242 g/mol. The van der Waals surface area contributed by atoms with Gasteiger partial charge in [-0.1, -0.05) is 19.1 Å². The van der Waals surface area contributed by atoms with E-state index >= 15 is 0 Å².